The van der Waals surface area contributed by atoms with Crippen LogP contribution in [-0.2, 0) is 0 Å². The second-order valence-electron chi connectivity index (χ2n) is 5.09. The van der Waals surface area contributed by atoms with E-state index >= 15 is 0 Å². The first-order chi connectivity index (χ1) is 10.6. The summed E-state index contributed by atoms with van der Waals surface area (Å²) in [6.45, 7) is 4.02. The molecular formula is C17H16N4O. The molecule has 1 aromatic heterocycles. The number of rotatable bonds is 3. The summed E-state index contributed by atoms with van der Waals surface area (Å²) < 4.78 is 1.65. The van der Waals surface area contributed by atoms with Crippen molar-refractivity contribution in [2.75, 3.05) is 5.32 Å². The number of benzene rings is 2. The summed E-state index contributed by atoms with van der Waals surface area (Å²) in [5, 5.41) is 7.00. The minimum atomic E-state index is -0.126. The Labute approximate surface area is 128 Å². The molecule has 2 aromatic carbocycles. The van der Waals surface area contributed by atoms with E-state index in [4.69, 9.17) is 0 Å². The third kappa shape index (κ3) is 2.74. The fraction of sp³-hybridized carbons (Fsp3) is 0.118. The number of carbonyl (C=O) groups is 1. The summed E-state index contributed by atoms with van der Waals surface area (Å²) in [5.74, 6) is -0.126. The Morgan fingerprint density at radius 3 is 2.55 bits per heavy atom. The van der Waals surface area contributed by atoms with Gasteiger partial charge in [-0.15, -0.1) is 0 Å². The molecule has 1 amide bonds. The third-order valence-electron chi connectivity index (χ3n) is 3.67. The predicted octanol–water partition coefficient (Wildman–Crippen LogP) is 3.14. The first-order valence-electron chi connectivity index (χ1n) is 6.98. The van der Waals surface area contributed by atoms with Crippen molar-refractivity contribution in [3.63, 3.8) is 0 Å². The molecule has 0 saturated heterocycles. The van der Waals surface area contributed by atoms with Crippen LogP contribution < -0.4 is 5.32 Å². The second-order valence-corrected chi connectivity index (χ2v) is 5.09. The lowest BCUT2D eigenvalue weighted by Crippen LogP contribution is -2.13. The van der Waals surface area contributed by atoms with Crippen molar-refractivity contribution in [3.05, 3.63) is 71.8 Å². The van der Waals surface area contributed by atoms with Gasteiger partial charge in [-0.1, -0.05) is 12.1 Å². The maximum Gasteiger partial charge on any atom is 0.255 e. The molecule has 0 aliphatic heterocycles. The molecule has 1 heterocycles. The number of anilines is 1. The van der Waals surface area contributed by atoms with Crippen molar-refractivity contribution in [2.45, 2.75) is 13.8 Å². The molecule has 0 aliphatic carbocycles. The van der Waals surface area contributed by atoms with Gasteiger partial charge in [0.25, 0.3) is 5.91 Å². The molecule has 0 spiro atoms. The minimum absolute atomic E-state index is 0.126. The fourth-order valence-corrected chi connectivity index (χ4v) is 2.19. The summed E-state index contributed by atoms with van der Waals surface area (Å²) in [7, 11) is 0. The van der Waals surface area contributed by atoms with Crippen LogP contribution in [0.5, 0.6) is 0 Å². The lowest BCUT2D eigenvalue weighted by atomic mass is 10.1. The van der Waals surface area contributed by atoms with E-state index in [0.29, 0.717) is 5.56 Å². The molecule has 0 saturated carbocycles. The van der Waals surface area contributed by atoms with Crippen molar-refractivity contribution in [2.24, 2.45) is 0 Å². The molecular weight excluding hydrogens is 276 g/mol. The average molecular weight is 292 g/mol. The number of amides is 1. The number of hydrogen-bond acceptors (Lipinski definition) is 3. The number of aryl methyl sites for hydroxylation is 1. The molecule has 0 radical (unpaired) electrons. The Morgan fingerprint density at radius 2 is 1.86 bits per heavy atom. The van der Waals surface area contributed by atoms with Crippen molar-refractivity contribution < 1.29 is 4.79 Å². The molecule has 0 aliphatic rings. The van der Waals surface area contributed by atoms with Crippen LogP contribution in [0.4, 0.5) is 5.69 Å². The van der Waals surface area contributed by atoms with Crippen LogP contribution in [0.25, 0.3) is 5.69 Å². The highest BCUT2D eigenvalue weighted by Gasteiger charge is 2.09. The van der Waals surface area contributed by atoms with E-state index in [0.717, 1.165) is 22.5 Å². The van der Waals surface area contributed by atoms with Crippen molar-refractivity contribution in [1.29, 1.82) is 0 Å². The SMILES string of the molecule is Cc1cccc(NC(=O)c2ccc(-n3cncn3)cc2)c1C. The smallest absolute Gasteiger partial charge is 0.255 e. The van der Waals surface area contributed by atoms with Gasteiger partial charge in [-0.05, 0) is 55.3 Å². The molecule has 5 nitrogen and oxygen atoms in total. The van der Waals surface area contributed by atoms with Crippen LogP contribution in [0.3, 0.4) is 0 Å². The van der Waals surface area contributed by atoms with Crippen LogP contribution in [0, 0.1) is 13.8 Å². The Balaban J connectivity index is 1.79. The topological polar surface area (TPSA) is 59.8 Å². The zero-order valence-corrected chi connectivity index (χ0v) is 12.4. The maximum atomic E-state index is 12.3. The first kappa shape index (κ1) is 14.0. The molecule has 0 bridgehead atoms. The van der Waals surface area contributed by atoms with E-state index < -0.39 is 0 Å². The number of nitrogens with zero attached hydrogens (tertiary/aromatic N) is 3. The minimum Gasteiger partial charge on any atom is -0.322 e. The van der Waals surface area contributed by atoms with E-state index in [1.807, 2.05) is 44.2 Å². The molecule has 110 valence electrons. The normalized spacial score (nSPS) is 10.5. The molecule has 22 heavy (non-hydrogen) atoms. The van der Waals surface area contributed by atoms with Gasteiger partial charge in [0.15, 0.2) is 0 Å². The molecule has 0 atom stereocenters. The van der Waals surface area contributed by atoms with E-state index in [2.05, 4.69) is 15.4 Å². The van der Waals surface area contributed by atoms with Gasteiger partial charge in [0, 0.05) is 11.3 Å². The largest absolute Gasteiger partial charge is 0.322 e. The van der Waals surface area contributed by atoms with Crippen molar-refractivity contribution in [3.8, 4) is 5.69 Å². The van der Waals surface area contributed by atoms with E-state index in [1.165, 1.54) is 6.33 Å². The summed E-state index contributed by atoms with van der Waals surface area (Å²) in [6, 6.07) is 13.1. The van der Waals surface area contributed by atoms with E-state index in [1.54, 1.807) is 23.1 Å². The Morgan fingerprint density at radius 1 is 1.09 bits per heavy atom. The van der Waals surface area contributed by atoms with Crippen LogP contribution in [0.2, 0.25) is 0 Å². The summed E-state index contributed by atoms with van der Waals surface area (Å²) in [5.41, 5.74) is 4.53. The molecule has 0 fully saturated rings. The Bertz CT molecular complexity index is 792. The molecule has 0 unspecified atom stereocenters. The van der Waals surface area contributed by atoms with Gasteiger partial charge in [0.05, 0.1) is 5.69 Å². The van der Waals surface area contributed by atoms with Crippen LogP contribution >= 0.6 is 0 Å². The quantitative estimate of drug-likeness (QED) is 0.806. The number of hydrogen-bond donors (Lipinski definition) is 1. The van der Waals surface area contributed by atoms with Crippen LogP contribution in [-0.4, -0.2) is 20.7 Å². The van der Waals surface area contributed by atoms with Gasteiger partial charge in [-0.2, -0.15) is 5.10 Å². The first-order valence-corrected chi connectivity index (χ1v) is 6.98. The number of aromatic nitrogens is 3. The second kappa shape index (κ2) is 5.81. The lowest BCUT2D eigenvalue weighted by molar-refractivity contribution is 0.102. The highest BCUT2D eigenvalue weighted by Crippen LogP contribution is 2.19. The highest BCUT2D eigenvalue weighted by molar-refractivity contribution is 6.04. The zero-order chi connectivity index (χ0) is 15.5. The molecule has 5 heteroatoms. The number of nitrogens with one attached hydrogen (secondary N) is 1. The molecule has 3 rings (SSSR count). The monoisotopic (exact) mass is 292 g/mol. The van der Waals surface area contributed by atoms with Crippen molar-refractivity contribution in [1.82, 2.24) is 14.8 Å². The van der Waals surface area contributed by atoms with Gasteiger partial charge < -0.3 is 5.32 Å². The van der Waals surface area contributed by atoms with Crippen LogP contribution in [0.1, 0.15) is 21.5 Å². The molecule has 1 N–H and O–H groups in total. The molecule has 3 aromatic rings. The van der Waals surface area contributed by atoms with Gasteiger partial charge in [0.1, 0.15) is 12.7 Å². The zero-order valence-electron chi connectivity index (χ0n) is 12.4. The third-order valence-corrected chi connectivity index (χ3v) is 3.67. The summed E-state index contributed by atoms with van der Waals surface area (Å²) >= 11 is 0. The fourth-order valence-electron chi connectivity index (χ4n) is 2.19. The van der Waals surface area contributed by atoms with Crippen LogP contribution in [0.15, 0.2) is 55.1 Å². The maximum absolute atomic E-state index is 12.3. The highest BCUT2D eigenvalue weighted by atomic mass is 16.1. The predicted molar refractivity (Wildman–Crippen MR) is 85.2 cm³/mol. The van der Waals surface area contributed by atoms with Gasteiger partial charge in [0.2, 0.25) is 0 Å². The van der Waals surface area contributed by atoms with Gasteiger partial charge >= 0.3 is 0 Å². The number of carbonyl (C=O) groups excluding carboxylic acids is 1. The Kier molecular flexibility index (Phi) is 3.70. The average Bonchev–Trinajstić information content (AvgIpc) is 3.06. The van der Waals surface area contributed by atoms with E-state index in [-0.39, 0.29) is 5.91 Å². The Hall–Kier alpha value is -2.95. The van der Waals surface area contributed by atoms with Gasteiger partial charge in [-0.25, -0.2) is 9.67 Å². The summed E-state index contributed by atoms with van der Waals surface area (Å²) in [4.78, 5) is 16.2. The van der Waals surface area contributed by atoms with Gasteiger partial charge in [-0.3, -0.25) is 4.79 Å². The lowest BCUT2D eigenvalue weighted by Gasteiger charge is -2.10. The van der Waals surface area contributed by atoms with Crippen molar-refractivity contribution >= 4 is 11.6 Å². The van der Waals surface area contributed by atoms with E-state index in [9.17, 15) is 4.79 Å². The standard InChI is InChI=1S/C17H16N4O/c1-12-4-3-5-16(13(12)2)20-17(22)14-6-8-15(9-7-14)21-11-18-10-19-21/h3-11H,1-2H3,(H,20,22). The summed E-state index contributed by atoms with van der Waals surface area (Å²) in [6.07, 6.45) is 3.09.